The van der Waals surface area contributed by atoms with Gasteiger partial charge in [-0.05, 0) is 0 Å². The Hall–Kier alpha value is -1.50. The van der Waals surface area contributed by atoms with Gasteiger partial charge in [-0.2, -0.15) is 0 Å². The summed E-state index contributed by atoms with van der Waals surface area (Å²) in [6, 6.07) is 0. The maximum absolute atomic E-state index is 10.3. The van der Waals surface area contributed by atoms with Crippen LogP contribution >= 0.6 is 0 Å². The van der Waals surface area contributed by atoms with Crippen molar-refractivity contribution in [2.24, 2.45) is 5.92 Å². The molecular formula is C8H10O4. The highest BCUT2D eigenvalue weighted by molar-refractivity contribution is 5.93. The summed E-state index contributed by atoms with van der Waals surface area (Å²) in [5.41, 5.74) is 0. The largest absolute Gasteiger partial charge is 0.481 e. The first-order valence-electron chi connectivity index (χ1n) is 3.51. The van der Waals surface area contributed by atoms with Gasteiger partial charge in [0.05, 0.1) is 0 Å². The van der Waals surface area contributed by atoms with E-state index in [0.29, 0.717) is 6.42 Å². The van der Waals surface area contributed by atoms with Crippen LogP contribution in [0.3, 0.4) is 0 Å². The Morgan fingerprint density at radius 3 is 2.08 bits per heavy atom. The van der Waals surface area contributed by atoms with Gasteiger partial charge in [0.1, 0.15) is 0 Å². The van der Waals surface area contributed by atoms with Crippen LogP contribution in [0, 0.1) is 17.8 Å². The van der Waals surface area contributed by atoms with E-state index in [1.807, 2.05) is 6.92 Å². The van der Waals surface area contributed by atoms with Crippen LogP contribution in [0.5, 0.6) is 0 Å². The van der Waals surface area contributed by atoms with E-state index in [1.54, 1.807) is 0 Å². The van der Waals surface area contributed by atoms with Gasteiger partial charge in [0, 0.05) is 12.8 Å². The molecule has 0 atom stereocenters. The second-order valence-corrected chi connectivity index (χ2v) is 2.14. The summed E-state index contributed by atoms with van der Waals surface area (Å²) in [6.45, 7) is 1.81. The molecule has 0 aromatic rings. The fraction of sp³-hybridized carbons (Fsp3) is 0.500. The molecule has 0 saturated heterocycles. The number of carbonyl (C=O) groups is 2. The van der Waals surface area contributed by atoms with Crippen molar-refractivity contribution in [3.05, 3.63) is 0 Å². The van der Waals surface area contributed by atoms with Crippen LogP contribution < -0.4 is 0 Å². The van der Waals surface area contributed by atoms with Gasteiger partial charge in [0.15, 0.2) is 5.92 Å². The van der Waals surface area contributed by atoms with Gasteiger partial charge in [-0.15, -0.1) is 11.8 Å². The summed E-state index contributed by atoms with van der Waals surface area (Å²) in [7, 11) is 0. The number of rotatable bonds is 3. The second-order valence-electron chi connectivity index (χ2n) is 2.14. The Labute approximate surface area is 70.2 Å². The molecule has 0 saturated carbocycles. The summed E-state index contributed by atoms with van der Waals surface area (Å²) < 4.78 is 0. The molecule has 0 rings (SSSR count). The normalized spacial score (nSPS) is 8.83. The molecule has 2 N–H and O–H groups in total. The smallest absolute Gasteiger partial charge is 0.318 e. The number of carboxylic acid groups (broad SMARTS) is 2. The molecule has 0 bridgehead atoms. The molecule has 0 fully saturated rings. The van der Waals surface area contributed by atoms with Crippen LogP contribution in [-0.4, -0.2) is 22.2 Å². The van der Waals surface area contributed by atoms with Crippen molar-refractivity contribution in [1.29, 1.82) is 0 Å². The van der Waals surface area contributed by atoms with Crippen molar-refractivity contribution in [3.8, 4) is 11.8 Å². The van der Waals surface area contributed by atoms with Crippen LogP contribution in [0.4, 0.5) is 0 Å². The standard InChI is InChI=1S/C8H10O4/c1-2-3-4-5-6(7(9)10)8(11)12/h6H,2,5H2,1H3,(H,9,10)(H,11,12). The van der Waals surface area contributed by atoms with Crippen molar-refractivity contribution in [2.45, 2.75) is 19.8 Å². The SMILES string of the molecule is CCC#CCC(C(=O)O)C(=O)O. The Balaban J connectivity index is 4.15. The fourth-order valence-electron chi connectivity index (χ4n) is 0.579. The number of carboxylic acids is 2. The first kappa shape index (κ1) is 10.5. The third-order valence-corrected chi connectivity index (χ3v) is 1.20. The Morgan fingerprint density at radius 1 is 1.25 bits per heavy atom. The molecule has 0 aliphatic carbocycles. The lowest BCUT2D eigenvalue weighted by Crippen LogP contribution is -2.22. The minimum Gasteiger partial charge on any atom is -0.481 e. The van der Waals surface area contributed by atoms with Crippen LogP contribution in [0.1, 0.15) is 19.8 Å². The minimum atomic E-state index is -1.40. The van der Waals surface area contributed by atoms with Gasteiger partial charge < -0.3 is 10.2 Å². The van der Waals surface area contributed by atoms with Gasteiger partial charge in [-0.3, -0.25) is 9.59 Å². The maximum Gasteiger partial charge on any atom is 0.318 e. The van der Waals surface area contributed by atoms with Crippen molar-refractivity contribution in [1.82, 2.24) is 0 Å². The van der Waals surface area contributed by atoms with Gasteiger partial charge in [-0.25, -0.2) is 0 Å². The van der Waals surface area contributed by atoms with Crippen LogP contribution in [0.25, 0.3) is 0 Å². The molecule has 66 valence electrons. The zero-order valence-corrected chi connectivity index (χ0v) is 6.70. The molecule has 4 nitrogen and oxygen atoms in total. The van der Waals surface area contributed by atoms with Crippen molar-refractivity contribution >= 4 is 11.9 Å². The molecule has 0 aliphatic rings. The molecule has 0 radical (unpaired) electrons. The zero-order chi connectivity index (χ0) is 9.56. The highest BCUT2D eigenvalue weighted by Gasteiger charge is 2.24. The van der Waals surface area contributed by atoms with Crippen molar-refractivity contribution in [3.63, 3.8) is 0 Å². The summed E-state index contributed by atoms with van der Waals surface area (Å²) >= 11 is 0. The predicted molar refractivity (Wildman–Crippen MR) is 41.4 cm³/mol. The molecule has 0 aliphatic heterocycles. The number of aliphatic carboxylic acids is 2. The van der Waals surface area contributed by atoms with E-state index in [1.165, 1.54) is 0 Å². The molecule has 4 heteroatoms. The Kier molecular flexibility index (Phi) is 4.54. The molecule has 0 aromatic heterocycles. The molecule has 0 amide bonds. The predicted octanol–water partition coefficient (Wildman–Crippen LogP) is 0.575. The van der Waals surface area contributed by atoms with Crippen molar-refractivity contribution in [2.75, 3.05) is 0 Å². The Morgan fingerprint density at radius 2 is 1.75 bits per heavy atom. The first-order valence-corrected chi connectivity index (χ1v) is 3.51. The minimum absolute atomic E-state index is 0.126. The van der Waals surface area contributed by atoms with Crippen LogP contribution in [0.15, 0.2) is 0 Å². The van der Waals surface area contributed by atoms with Gasteiger partial charge in [0.2, 0.25) is 0 Å². The van der Waals surface area contributed by atoms with E-state index in [0.717, 1.165) is 0 Å². The topological polar surface area (TPSA) is 74.6 Å². The zero-order valence-electron chi connectivity index (χ0n) is 6.70. The molecule has 0 spiro atoms. The van der Waals surface area contributed by atoms with E-state index in [4.69, 9.17) is 10.2 Å². The highest BCUT2D eigenvalue weighted by Crippen LogP contribution is 2.01. The molecule has 0 heterocycles. The average Bonchev–Trinajstić information content (AvgIpc) is 1.96. The van der Waals surface area contributed by atoms with Crippen molar-refractivity contribution < 1.29 is 19.8 Å². The molecular weight excluding hydrogens is 160 g/mol. The van der Waals surface area contributed by atoms with E-state index >= 15 is 0 Å². The van der Waals surface area contributed by atoms with E-state index in [2.05, 4.69) is 11.8 Å². The number of hydrogen-bond donors (Lipinski definition) is 2. The Bertz CT molecular complexity index is 219. The third-order valence-electron chi connectivity index (χ3n) is 1.20. The third kappa shape index (κ3) is 3.62. The second kappa shape index (κ2) is 5.19. The lowest BCUT2D eigenvalue weighted by Gasteiger charge is -2.00. The fourth-order valence-corrected chi connectivity index (χ4v) is 0.579. The van der Waals surface area contributed by atoms with E-state index < -0.39 is 17.9 Å². The van der Waals surface area contributed by atoms with Gasteiger partial charge in [0.25, 0.3) is 0 Å². The maximum atomic E-state index is 10.3. The monoisotopic (exact) mass is 170 g/mol. The first-order chi connectivity index (χ1) is 5.59. The van der Waals surface area contributed by atoms with Crippen LogP contribution in [-0.2, 0) is 9.59 Å². The molecule has 0 aromatic carbocycles. The summed E-state index contributed by atoms with van der Waals surface area (Å²) in [4.78, 5) is 20.6. The quantitative estimate of drug-likeness (QED) is 0.479. The van der Waals surface area contributed by atoms with Gasteiger partial charge in [-0.1, -0.05) is 6.92 Å². The molecule has 0 unspecified atom stereocenters. The number of hydrogen-bond acceptors (Lipinski definition) is 2. The van der Waals surface area contributed by atoms with Crippen LogP contribution in [0.2, 0.25) is 0 Å². The van der Waals surface area contributed by atoms with E-state index in [9.17, 15) is 9.59 Å². The molecule has 12 heavy (non-hydrogen) atoms. The van der Waals surface area contributed by atoms with Gasteiger partial charge >= 0.3 is 11.9 Å². The lowest BCUT2D eigenvalue weighted by atomic mass is 10.1. The summed E-state index contributed by atoms with van der Waals surface area (Å²) in [6.07, 6.45) is 0.477. The highest BCUT2D eigenvalue weighted by atomic mass is 16.4. The lowest BCUT2D eigenvalue weighted by molar-refractivity contribution is -0.154. The van der Waals surface area contributed by atoms with E-state index in [-0.39, 0.29) is 6.42 Å². The summed E-state index contributed by atoms with van der Waals surface area (Å²) in [5, 5.41) is 16.8. The summed E-state index contributed by atoms with van der Waals surface area (Å²) in [5.74, 6) is 1.02. The average molecular weight is 170 g/mol.